The van der Waals surface area contributed by atoms with Crippen LogP contribution in [0, 0.1) is 0 Å². The van der Waals surface area contributed by atoms with Gasteiger partial charge in [-0.1, -0.05) is 90.4 Å². The molecule has 0 atom stereocenters. The first-order valence-corrected chi connectivity index (χ1v) is 10.3. The summed E-state index contributed by atoms with van der Waals surface area (Å²) in [7, 11) is 0. The van der Waals surface area contributed by atoms with Crippen LogP contribution in [-0.4, -0.2) is 9.97 Å². The minimum atomic E-state index is 0.153. The smallest absolute Gasteiger partial charge is 0.223 e. The predicted octanol–water partition coefficient (Wildman–Crippen LogP) is 5.25. The molecule has 0 spiro atoms. The van der Waals surface area contributed by atoms with Crippen molar-refractivity contribution in [2.75, 3.05) is 17.2 Å². The van der Waals surface area contributed by atoms with Crippen LogP contribution in [0.5, 0.6) is 0 Å². The van der Waals surface area contributed by atoms with Crippen LogP contribution in [0.1, 0.15) is 102 Å². The summed E-state index contributed by atoms with van der Waals surface area (Å²) < 4.78 is 0. The lowest BCUT2D eigenvalue weighted by Gasteiger charge is -2.08. The van der Waals surface area contributed by atoms with Crippen LogP contribution in [0.2, 0.25) is 0 Å². The number of rotatable bonds is 15. The van der Waals surface area contributed by atoms with Crippen LogP contribution < -0.4 is 17.2 Å². The lowest BCUT2D eigenvalue weighted by atomic mass is 10.0. The van der Waals surface area contributed by atoms with Crippen molar-refractivity contribution in [1.29, 1.82) is 0 Å². The molecule has 1 aromatic heterocycles. The van der Waals surface area contributed by atoms with Crippen molar-refractivity contribution in [3.05, 3.63) is 5.56 Å². The first kappa shape index (κ1) is 21.5. The molecule has 0 aliphatic rings. The van der Waals surface area contributed by atoms with Crippen molar-refractivity contribution in [3.8, 4) is 0 Å². The van der Waals surface area contributed by atoms with Crippen molar-refractivity contribution < 1.29 is 0 Å². The first-order chi connectivity index (χ1) is 12.1. The maximum Gasteiger partial charge on any atom is 0.223 e. The second-order valence-corrected chi connectivity index (χ2v) is 7.18. The van der Waals surface area contributed by atoms with Gasteiger partial charge in [-0.25, -0.2) is 0 Å². The molecule has 0 bridgehead atoms. The van der Waals surface area contributed by atoms with Crippen LogP contribution >= 0.6 is 0 Å². The van der Waals surface area contributed by atoms with Gasteiger partial charge in [0.25, 0.3) is 0 Å². The van der Waals surface area contributed by atoms with Gasteiger partial charge in [-0.2, -0.15) is 9.97 Å². The lowest BCUT2D eigenvalue weighted by molar-refractivity contribution is 0.535. The first-order valence-electron chi connectivity index (χ1n) is 10.3. The third-order valence-corrected chi connectivity index (χ3v) is 4.87. The van der Waals surface area contributed by atoms with Gasteiger partial charge in [0.15, 0.2) is 0 Å². The summed E-state index contributed by atoms with van der Waals surface area (Å²) in [6, 6.07) is 0. The Balaban J connectivity index is 1.91. The average molecular weight is 350 g/mol. The predicted molar refractivity (Wildman–Crippen MR) is 109 cm³/mol. The molecular formula is C20H39N5. The molecule has 0 amide bonds. The Morgan fingerprint density at radius 3 is 1.32 bits per heavy atom. The van der Waals surface area contributed by atoms with Gasteiger partial charge in [-0.05, 0) is 12.8 Å². The van der Waals surface area contributed by atoms with Crippen molar-refractivity contribution >= 4 is 17.6 Å². The second kappa shape index (κ2) is 13.7. The Kier molecular flexibility index (Phi) is 11.8. The van der Waals surface area contributed by atoms with Gasteiger partial charge in [0, 0.05) is 5.56 Å². The summed E-state index contributed by atoms with van der Waals surface area (Å²) in [5.41, 5.74) is 18.1. The molecule has 0 saturated carbocycles. The van der Waals surface area contributed by atoms with E-state index in [-0.39, 0.29) is 5.95 Å². The van der Waals surface area contributed by atoms with Crippen LogP contribution in [0.15, 0.2) is 0 Å². The summed E-state index contributed by atoms with van der Waals surface area (Å²) in [6.45, 7) is 2.28. The zero-order chi connectivity index (χ0) is 18.3. The molecule has 1 aromatic rings. The largest absolute Gasteiger partial charge is 0.383 e. The molecule has 25 heavy (non-hydrogen) atoms. The second-order valence-electron chi connectivity index (χ2n) is 7.18. The maximum atomic E-state index is 5.87. The van der Waals surface area contributed by atoms with Crippen LogP contribution in [0.25, 0.3) is 0 Å². The fourth-order valence-electron chi connectivity index (χ4n) is 3.29. The quantitative estimate of drug-likeness (QED) is 0.375. The molecule has 144 valence electrons. The molecule has 5 nitrogen and oxygen atoms in total. The van der Waals surface area contributed by atoms with E-state index in [2.05, 4.69) is 16.9 Å². The number of nitrogen functional groups attached to an aromatic ring is 3. The molecule has 6 N–H and O–H groups in total. The summed E-state index contributed by atoms with van der Waals surface area (Å²) >= 11 is 0. The van der Waals surface area contributed by atoms with E-state index in [1.165, 1.54) is 83.5 Å². The molecule has 1 rings (SSSR count). The molecule has 0 aromatic carbocycles. The molecule has 1 heterocycles. The molecule has 5 heteroatoms. The van der Waals surface area contributed by atoms with E-state index in [0.717, 1.165) is 18.4 Å². The van der Waals surface area contributed by atoms with Crippen LogP contribution in [0.3, 0.4) is 0 Å². The van der Waals surface area contributed by atoms with E-state index >= 15 is 0 Å². The van der Waals surface area contributed by atoms with Crippen molar-refractivity contribution in [2.45, 2.75) is 103 Å². The number of nitrogens with two attached hydrogens (primary N) is 3. The summed E-state index contributed by atoms with van der Waals surface area (Å²) in [6.07, 6.45) is 19.8. The molecule has 0 saturated heterocycles. The Morgan fingerprint density at radius 1 is 0.560 bits per heavy atom. The molecule has 0 aliphatic heterocycles. The van der Waals surface area contributed by atoms with E-state index in [1.807, 2.05) is 0 Å². The van der Waals surface area contributed by atoms with Crippen LogP contribution in [0.4, 0.5) is 17.6 Å². The van der Waals surface area contributed by atoms with Gasteiger partial charge in [-0.3, -0.25) is 0 Å². The highest BCUT2D eigenvalue weighted by Gasteiger charge is 2.08. The maximum absolute atomic E-state index is 5.87. The van der Waals surface area contributed by atoms with Crippen molar-refractivity contribution in [3.63, 3.8) is 0 Å². The Bertz CT molecular complexity index is 438. The summed E-state index contributed by atoms with van der Waals surface area (Å²) in [4.78, 5) is 7.97. The number of aromatic nitrogens is 2. The minimum Gasteiger partial charge on any atom is -0.383 e. The zero-order valence-corrected chi connectivity index (χ0v) is 16.2. The standard InChI is InChI=1S/C20H39N5/c1-2-3-4-5-6-7-8-9-10-11-12-13-14-15-16-17-18(21)24-20(23)25-19(17)22/h2-16H2,1H3,(H6,21,22,23,24,25). The van der Waals surface area contributed by atoms with Crippen molar-refractivity contribution in [1.82, 2.24) is 9.97 Å². The number of unbranched alkanes of at least 4 members (excludes halogenated alkanes) is 13. The normalized spacial score (nSPS) is 11.1. The zero-order valence-electron chi connectivity index (χ0n) is 16.2. The number of anilines is 3. The van der Waals surface area contributed by atoms with Gasteiger partial charge in [0.05, 0.1) is 0 Å². The third kappa shape index (κ3) is 10.1. The highest BCUT2D eigenvalue weighted by molar-refractivity contribution is 5.55. The summed E-state index contributed by atoms with van der Waals surface area (Å²) in [5, 5.41) is 0. The summed E-state index contributed by atoms with van der Waals surface area (Å²) in [5.74, 6) is 1.01. The fourth-order valence-corrected chi connectivity index (χ4v) is 3.29. The van der Waals surface area contributed by atoms with Gasteiger partial charge >= 0.3 is 0 Å². The van der Waals surface area contributed by atoms with E-state index in [4.69, 9.17) is 17.2 Å². The average Bonchev–Trinajstić information content (AvgIpc) is 2.57. The highest BCUT2D eigenvalue weighted by atomic mass is 15.1. The van der Waals surface area contributed by atoms with Gasteiger partial charge in [0.2, 0.25) is 5.95 Å². The Morgan fingerprint density at radius 2 is 0.920 bits per heavy atom. The lowest BCUT2D eigenvalue weighted by Crippen LogP contribution is -2.08. The number of nitrogens with zero attached hydrogens (tertiary/aromatic N) is 2. The van der Waals surface area contributed by atoms with Gasteiger partial charge in [-0.15, -0.1) is 0 Å². The molecule has 0 unspecified atom stereocenters. The number of hydrogen-bond acceptors (Lipinski definition) is 5. The molecule has 0 radical (unpaired) electrons. The van der Waals surface area contributed by atoms with Gasteiger partial charge in [0.1, 0.15) is 11.6 Å². The molecular weight excluding hydrogens is 310 g/mol. The molecule has 0 fully saturated rings. The van der Waals surface area contributed by atoms with E-state index in [9.17, 15) is 0 Å². The van der Waals surface area contributed by atoms with Gasteiger partial charge < -0.3 is 17.2 Å². The highest BCUT2D eigenvalue weighted by Crippen LogP contribution is 2.20. The van der Waals surface area contributed by atoms with E-state index in [1.54, 1.807) is 0 Å². The fraction of sp³-hybridized carbons (Fsp3) is 0.800. The SMILES string of the molecule is CCCCCCCCCCCCCCCCc1c(N)nc(N)nc1N. The van der Waals surface area contributed by atoms with Crippen LogP contribution in [-0.2, 0) is 6.42 Å². The van der Waals surface area contributed by atoms with E-state index < -0.39 is 0 Å². The Labute approximate surface area is 154 Å². The van der Waals surface area contributed by atoms with E-state index in [0.29, 0.717) is 11.6 Å². The van der Waals surface area contributed by atoms with Crippen molar-refractivity contribution in [2.24, 2.45) is 0 Å². The topological polar surface area (TPSA) is 104 Å². The minimum absolute atomic E-state index is 0.153. The number of hydrogen-bond donors (Lipinski definition) is 3. The third-order valence-electron chi connectivity index (χ3n) is 4.87. The molecule has 0 aliphatic carbocycles. The Hall–Kier alpha value is -1.52. The monoisotopic (exact) mass is 349 g/mol.